The van der Waals surface area contributed by atoms with Crippen LogP contribution in [-0.4, -0.2) is 62.2 Å². The Bertz CT molecular complexity index is 216. The summed E-state index contributed by atoms with van der Waals surface area (Å²) in [5.74, 6) is 0. The van der Waals surface area contributed by atoms with E-state index in [4.69, 9.17) is 0 Å². The van der Waals surface area contributed by atoms with Crippen molar-refractivity contribution in [2.45, 2.75) is 39.7 Å². The predicted octanol–water partition coefficient (Wildman–Crippen LogP) is 1.65. The van der Waals surface area contributed by atoms with Crippen LogP contribution in [0.15, 0.2) is 0 Å². The highest BCUT2D eigenvalue weighted by Crippen LogP contribution is 2.22. The van der Waals surface area contributed by atoms with Crippen LogP contribution < -0.4 is 5.32 Å². The first kappa shape index (κ1) is 14.9. The smallest absolute Gasteiger partial charge is 0.0252 e. The Labute approximate surface area is 108 Å². The fourth-order valence-electron chi connectivity index (χ4n) is 2.58. The Morgan fingerprint density at radius 1 is 1.12 bits per heavy atom. The summed E-state index contributed by atoms with van der Waals surface area (Å²) in [5, 5.41) is 3.69. The zero-order valence-corrected chi connectivity index (χ0v) is 12.6. The zero-order valence-electron chi connectivity index (χ0n) is 12.6. The van der Waals surface area contributed by atoms with Gasteiger partial charge in [0.15, 0.2) is 0 Å². The van der Waals surface area contributed by atoms with Gasteiger partial charge in [-0.1, -0.05) is 13.8 Å². The SMILES string of the molecule is CN(C)CCCN1CC(C)(C)CNC(C)(C)C1. The van der Waals surface area contributed by atoms with Crippen LogP contribution in [0.2, 0.25) is 0 Å². The maximum Gasteiger partial charge on any atom is 0.0252 e. The molecule has 0 saturated carbocycles. The Morgan fingerprint density at radius 3 is 2.35 bits per heavy atom. The van der Waals surface area contributed by atoms with Gasteiger partial charge in [0.1, 0.15) is 0 Å². The molecule has 0 aromatic rings. The lowest BCUT2D eigenvalue weighted by Gasteiger charge is -2.31. The van der Waals surface area contributed by atoms with Gasteiger partial charge in [-0.3, -0.25) is 0 Å². The molecule has 0 radical (unpaired) electrons. The van der Waals surface area contributed by atoms with E-state index < -0.39 is 0 Å². The van der Waals surface area contributed by atoms with Gasteiger partial charge in [0.2, 0.25) is 0 Å². The average Bonchev–Trinajstić information content (AvgIpc) is 2.22. The summed E-state index contributed by atoms with van der Waals surface area (Å²) in [7, 11) is 4.30. The molecule has 17 heavy (non-hydrogen) atoms. The van der Waals surface area contributed by atoms with Gasteiger partial charge in [-0.15, -0.1) is 0 Å². The first-order valence-electron chi connectivity index (χ1n) is 6.82. The van der Waals surface area contributed by atoms with E-state index >= 15 is 0 Å². The molecule has 3 heteroatoms. The minimum Gasteiger partial charge on any atom is -0.310 e. The summed E-state index contributed by atoms with van der Waals surface area (Å²) in [5.41, 5.74) is 0.623. The van der Waals surface area contributed by atoms with Crippen molar-refractivity contribution in [2.24, 2.45) is 5.41 Å². The summed E-state index contributed by atoms with van der Waals surface area (Å²) >= 11 is 0. The van der Waals surface area contributed by atoms with Gasteiger partial charge in [-0.05, 0) is 52.9 Å². The molecule has 1 N–H and O–H groups in total. The van der Waals surface area contributed by atoms with Crippen molar-refractivity contribution >= 4 is 0 Å². The van der Waals surface area contributed by atoms with Crippen LogP contribution in [0.1, 0.15) is 34.1 Å². The molecule has 1 aliphatic rings. The van der Waals surface area contributed by atoms with Crippen molar-refractivity contribution in [3.05, 3.63) is 0 Å². The maximum absolute atomic E-state index is 3.69. The largest absolute Gasteiger partial charge is 0.310 e. The molecule has 1 aliphatic heterocycles. The number of rotatable bonds is 4. The number of hydrogen-bond acceptors (Lipinski definition) is 3. The van der Waals surface area contributed by atoms with Gasteiger partial charge in [0, 0.05) is 25.2 Å². The molecule has 1 rings (SSSR count). The fraction of sp³-hybridized carbons (Fsp3) is 1.00. The van der Waals surface area contributed by atoms with E-state index in [0.29, 0.717) is 5.41 Å². The molecule has 1 fully saturated rings. The highest BCUT2D eigenvalue weighted by Gasteiger charge is 2.32. The zero-order chi connectivity index (χ0) is 13.1. The quantitative estimate of drug-likeness (QED) is 0.807. The molecular formula is C14H31N3. The highest BCUT2D eigenvalue weighted by atomic mass is 15.2. The van der Waals surface area contributed by atoms with Gasteiger partial charge in [0.05, 0.1) is 0 Å². The molecule has 0 aromatic heterocycles. The molecule has 0 unspecified atom stereocenters. The molecule has 0 aliphatic carbocycles. The molecule has 0 bridgehead atoms. The van der Waals surface area contributed by atoms with E-state index in [2.05, 4.69) is 56.9 Å². The third-order valence-electron chi connectivity index (χ3n) is 3.40. The van der Waals surface area contributed by atoms with Crippen LogP contribution in [0, 0.1) is 5.41 Å². The number of nitrogens with zero attached hydrogens (tertiary/aromatic N) is 2. The van der Waals surface area contributed by atoms with Gasteiger partial charge in [-0.2, -0.15) is 0 Å². The van der Waals surface area contributed by atoms with E-state index in [1.165, 1.54) is 26.1 Å². The summed E-state index contributed by atoms with van der Waals surface area (Å²) in [6, 6.07) is 0. The van der Waals surface area contributed by atoms with Crippen molar-refractivity contribution in [3.8, 4) is 0 Å². The Hall–Kier alpha value is -0.120. The summed E-state index contributed by atoms with van der Waals surface area (Å²) in [6.45, 7) is 15.2. The lowest BCUT2D eigenvalue weighted by Crippen LogP contribution is -2.46. The van der Waals surface area contributed by atoms with E-state index in [9.17, 15) is 0 Å². The van der Waals surface area contributed by atoms with Crippen LogP contribution >= 0.6 is 0 Å². The van der Waals surface area contributed by atoms with Crippen molar-refractivity contribution in [2.75, 3.05) is 46.8 Å². The fourth-order valence-corrected chi connectivity index (χ4v) is 2.58. The van der Waals surface area contributed by atoms with E-state index in [1.807, 2.05) is 0 Å². The molecule has 1 saturated heterocycles. The van der Waals surface area contributed by atoms with Crippen LogP contribution in [0.5, 0.6) is 0 Å². The van der Waals surface area contributed by atoms with Gasteiger partial charge < -0.3 is 15.1 Å². The first-order chi connectivity index (χ1) is 7.70. The predicted molar refractivity (Wildman–Crippen MR) is 75.5 cm³/mol. The first-order valence-corrected chi connectivity index (χ1v) is 6.82. The number of hydrogen-bond donors (Lipinski definition) is 1. The lowest BCUT2D eigenvalue weighted by molar-refractivity contribution is 0.183. The third-order valence-corrected chi connectivity index (χ3v) is 3.40. The van der Waals surface area contributed by atoms with Gasteiger partial charge in [-0.25, -0.2) is 0 Å². The molecular weight excluding hydrogens is 210 g/mol. The minimum atomic E-state index is 0.242. The van der Waals surface area contributed by atoms with E-state index in [0.717, 1.165) is 13.1 Å². The van der Waals surface area contributed by atoms with Gasteiger partial charge in [0.25, 0.3) is 0 Å². The summed E-state index contributed by atoms with van der Waals surface area (Å²) < 4.78 is 0. The van der Waals surface area contributed by atoms with Crippen molar-refractivity contribution in [3.63, 3.8) is 0 Å². The van der Waals surface area contributed by atoms with Crippen molar-refractivity contribution < 1.29 is 0 Å². The monoisotopic (exact) mass is 241 g/mol. The molecule has 0 amide bonds. The molecule has 1 heterocycles. The second-order valence-corrected chi connectivity index (χ2v) is 7.27. The Kier molecular flexibility index (Phi) is 4.99. The van der Waals surface area contributed by atoms with Crippen molar-refractivity contribution in [1.29, 1.82) is 0 Å². The van der Waals surface area contributed by atoms with Crippen LogP contribution in [0.25, 0.3) is 0 Å². The van der Waals surface area contributed by atoms with Crippen LogP contribution in [0.3, 0.4) is 0 Å². The van der Waals surface area contributed by atoms with Crippen molar-refractivity contribution in [1.82, 2.24) is 15.1 Å². The van der Waals surface area contributed by atoms with Crippen LogP contribution in [0.4, 0.5) is 0 Å². The molecule has 3 nitrogen and oxygen atoms in total. The highest BCUT2D eigenvalue weighted by molar-refractivity contribution is 4.91. The minimum absolute atomic E-state index is 0.242. The molecule has 0 atom stereocenters. The summed E-state index contributed by atoms with van der Waals surface area (Å²) in [6.07, 6.45) is 1.26. The van der Waals surface area contributed by atoms with Crippen LogP contribution in [-0.2, 0) is 0 Å². The van der Waals surface area contributed by atoms with Gasteiger partial charge >= 0.3 is 0 Å². The van der Waals surface area contributed by atoms with E-state index in [-0.39, 0.29) is 5.54 Å². The average molecular weight is 241 g/mol. The Morgan fingerprint density at radius 2 is 1.76 bits per heavy atom. The second-order valence-electron chi connectivity index (χ2n) is 7.27. The molecule has 0 spiro atoms. The number of nitrogens with one attached hydrogen (secondary N) is 1. The van der Waals surface area contributed by atoms with E-state index in [1.54, 1.807) is 0 Å². The second kappa shape index (κ2) is 5.68. The molecule has 102 valence electrons. The maximum atomic E-state index is 3.69. The summed E-state index contributed by atoms with van der Waals surface area (Å²) in [4.78, 5) is 4.90. The standard InChI is InChI=1S/C14H31N3/c1-13(2)10-15-14(3,4)12-17(11-13)9-7-8-16(5)6/h15H,7-12H2,1-6H3. The third kappa shape index (κ3) is 5.84. The topological polar surface area (TPSA) is 18.5 Å². The Balaban J connectivity index is 2.50. The molecule has 0 aromatic carbocycles. The normalized spacial score (nSPS) is 24.9. The lowest BCUT2D eigenvalue weighted by atomic mass is 9.93.